The van der Waals surface area contributed by atoms with Crippen molar-refractivity contribution in [2.45, 2.75) is 29.5 Å². The SMILES string of the molecule is O=S(=O)(NC1CCN(CCCc2noc3cc(F)ccc23)C1)c1cc2ccc(Cl)cc2s1. The topological polar surface area (TPSA) is 75.4 Å². The number of likely N-dealkylation sites (tertiary alicyclic amines) is 1. The van der Waals surface area contributed by atoms with Crippen molar-refractivity contribution in [1.29, 1.82) is 0 Å². The lowest BCUT2D eigenvalue weighted by Gasteiger charge is -2.16. The van der Waals surface area contributed by atoms with Gasteiger partial charge in [0.1, 0.15) is 10.0 Å². The third-order valence-corrected chi connectivity index (χ3v) is 9.04. The molecule has 2 aromatic heterocycles. The van der Waals surface area contributed by atoms with Crippen molar-refractivity contribution < 1.29 is 17.3 Å². The Kier molecular flexibility index (Phi) is 5.94. The molecule has 1 N–H and O–H groups in total. The number of nitrogens with one attached hydrogen (secondary N) is 1. The third kappa shape index (κ3) is 4.53. The Hall–Kier alpha value is -2.04. The molecule has 1 unspecified atom stereocenters. The molecule has 1 aliphatic heterocycles. The number of rotatable bonds is 7. The van der Waals surface area contributed by atoms with Crippen molar-refractivity contribution in [1.82, 2.24) is 14.8 Å². The number of fused-ring (bicyclic) bond motifs is 2. The van der Waals surface area contributed by atoms with Crippen LogP contribution in [0, 0.1) is 5.82 Å². The van der Waals surface area contributed by atoms with E-state index >= 15 is 0 Å². The summed E-state index contributed by atoms with van der Waals surface area (Å²) >= 11 is 7.25. The molecule has 6 nitrogen and oxygen atoms in total. The van der Waals surface area contributed by atoms with Crippen LogP contribution in [0.2, 0.25) is 5.02 Å². The van der Waals surface area contributed by atoms with Gasteiger partial charge in [0.15, 0.2) is 5.58 Å². The molecule has 32 heavy (non-hydrogen) atoms. The molecule has 5 rings (SSSR count). The summed E-state index contributed by atoms with van der Waals surface area (Å²) in [5.74, 6) is -0.342. The van der Waals surface area contributed by atoms with Crippen molar-refractivity contribution in [2.24, 2.45) is 0 Å². The van der Waals surface area contributed by atoms with Crippen LogP contribution in [-0.4, -0.2) is 44.2 Å². The van der Waals surface area contributed by atoms with Crippen molar-refractivity contribution in [3.05, 3.63) is 59.0 Å². The van der Waals surface area contributed by atoms with Crippen LogP contribution >= 0.6 is 22.9 Å². The molecule has 1 aliphatic rings. The Balaban J connectivity index is 1.16. The van der Waals surface area contributed by atoms with Gasteiger partial charge in [-0.25, -0.2) is 17.5 Å². The summed E-state index contributed by atoms with van der Waals surface area (Å²) in [5.41, 5.74) is 1.28. The molecule has 0 aliphatic carbocycles. The molecule has 1 fully saturated rings. The normalized spacial score (nSPS) is 17.6. The minimum atomic E-state index is -3.58. The van der Waals surface area contributed by atoms with Crippen molar-refractivity contribution in [3.8, 4) is 0 Å². The number of nitrogens with zero attached hydrogens (tertiary/aromatic N) is 2. The molecule has 0 saturated carbocycles. The summed E-state index contributed by atoms with van der Waals surface area (Å²) in [7, 11) is -3.58. The van der Waals surface area contributed by atoms with Gasteiger partial charge < -0.3 is 9.42 Å². The van der Waals surface area contributed by atoms with E-state index in [4.69, 9.17) is 16.1 Å². The minimum Gasteiger partial charge on any atom is -0.356 e. The number of benzene rings is 2. The summed E-state index contributed by atoms with van der Waals surface area (Å²) < 4.78 is 48.3. The van der Waals surface area contributed by atoms with E-state index in [1.54, 1.807) is 24.3 Å². The highest BCUT2D eigenvalue weighted by Gasteiger charge is 2.28. The van der Waals surface area contributed by atoms with E-state index in [2.05, 4.69) is 14.8 Å². The Morgan fingerprint density at radius 3 is 3.00 bits per heavy atom. The number of aryl methyl sites for hydroxylation is 1. The first kappa shape index (κ1) is 21.8. The first-order chi connectivity index (χ1) is 15.4. The average molecular weight is 494 g/mol. The Labute approximate surface area is 194 Å². The Morgan fingerprint density at radius 2 is 2.12 bits per heavy atom. The van der Waals surface area contributed by atoms with Gasteiger partial charge in [0.05, 0.1) is 5.69 Å². The highest BCUT2D eigenvalue weighted by atomic mass is 35.5. The van der Waals surface area contributed by atoms with Crippen molar-refractivity contribution >= 4 is 54.0 Å². The number of thiophene rings is 1. The molecular formula is C22H21ClFN3O3S2. The van der Waals surface area contributed by atoms with E-state index in [0.717, 1.165) is 53.5 Å². The summed E-state index contributed by atoms with van der Waals surface area (Å²) in [5, 5.41) is 6.36. The molecule has 168 valence electrons. The van der Waals surface area contributed by atoms with Crippen LogP contribution in [0.15, 0.2) is 51.2 Å². The maximum absolute atomic E-state index is 13.3. The van der Waals surface area contributed by atoms with Gasteiger partial charge in [0, 0.05) is 33.8 Å². The molecule has 0 radical (unpaired) electrons. The molecule has 0 spiro atoms. The van der Waals surface area contributed by atoms with E-state index in [-0.39, 0.29) is 11.9 Å². The molecule has 1 saturated heterocycles. The monoisotopic (exact) mass is 493 g/mol. The van der Waals surface area contributed by atoms with Gasteiger partial charge in [0.25, 0.3) is 0 Å². The fraction of sp³-hybridized carbons (Fsp3) is 0.318. The largest absolute Gasteiger partial charge is 0.356 e. The fourth-order valence-electron chi connectivity index (χ4n) is 4.14. The van der Waals surface area contributed by atoms with Crippen LogP contribution < -0.4 is 4.72 Å². The molecular weight excluding hydrogens is 473 g/mol. The molecule has 0 amide bonds. The number of sulfonamides is 1. The minimum absolute atomic E-state index is 0.121. The van der Waals surface area contributed by atoms with Gasteiger partial charge in [0.2, 0.25) is 10.0 Å². The third-order valence-electron chi connectivity index (χ3n) is 5.72. The number of halogens is 2. The second-order valence-electron chi connectivity index (χ2n) is 8.03. The maximum Gasteiger partial charge on any atom is 0.250 e. The zero-order valence-corrected chi connectivity index (χ0v) is 19.4. The van der Waals surface area contributed by atoms with E-state index in [9.17, 15) is 12.8 Å². The molecule has 0 bridgehead atoms. The molecule has 1 atom stereocenters. The summed E-state index contributed by atoms with van der Waals surface area (Å²) in [6.45, 7) is 2.33. The predicted octanol–water partition coefficient (Wildman–Crippen LogP) is 4.82. The lowest BCUT2D eigenvalue weighted by Crippen LogP contribution is -2.36. The first-order valence-corrected chi connectivity index (χ1v) is 13.0. The quantitative estimate of drug-likeness (QED) is 0.399. The van der Waals surface area contributed by atoms with Gasteiger partial charge in [-0.3, -0.25) is 0 Å². The average Bonchev–Trinajstić information content (AvgIpc) is 3.46. The molecule has 2 aromatic carbocycles. The molecule has 3 heterocycles. The summed E-state index contributed by atoms with van der Waals surface area (Å²) in [6.07, 6.45) is 2.34. The van der Waals surface area contributed by atoms with Crippen LogP contribution in [0.3, 0.4) is 0 Å². The smallest absolute Gasteiger partial charge is 0.250 e. The first-order valence-electron chi connectivity index (χ1n) is 10.3. The van der Waals surface area contributed by atoms with Crippen LogP contribution in [0.25, 0.3) is 21.1 Å². The second-order valence-corrected chi connectivity index (χ2v) is 11.5. The standard InChI is InChI=1S/C22H21ClFN3O3S2/c23-15-4-3-14-10-22(31-21(14)11-15)32(28,29)26-17-7-9-27(13-17)8-1-2-19-18-6-5-16(24)12-20(18)30-25-19/h3-6,10-12,17,26H,1-2,7-9,13H2. The van der Waals surface area contributed by atoms with E-state index in [1.807, 2.05) is 6.07 Å². The number of aromatic nitrogens is 1. The van der Waals surface area contributed by atoms with Gasteiger partial charge in [-0.1, -0.05) is 22.8 Å². The number of hydrogen-bond donors (Lipinski definition) is 1. The van der Waals surface area contributed by atoms with Gasteiger partial charge in [-0.05, 0) is 68.1 Å². The molecule has 4 aromatic rings. The Morgan fingerprint density at radius 1 is 1.25 bits per heavy atom. The van der Waals surface area contributed by atoms with Crippen LogP contribution in [0.4, 0.5) is 4.39 Å². The maximum atomic E-state index is 13.3. The highest BCUT2D eigenvalue weighted by molar-refractivity contribution is 7.91. The van der Waals surface area contributed by atoms with Gasteiger partial charge in [-0.15, -0.1) is 11.3 Å². The van der Waals surface area contributed by atoms with E-state index in [0.29, 0.717) is 21.4 Å². The van der Waals surface area contributed by atoms with Gasteiger partial charge in [-0.2, -0.15) is 0 Å². The van der Waals surface area contributed by atoms with E-state index in [1.165, 1.54) is 23.5 Å². The van der Waals surface area contributed by atoms with E-state index < -0.39 is 10.0 Å². The number of hydrogen-bond acceptors (Lipinski definition) is 6. The second kappa shape index (κ2) is 8.72. The fourth-order valence-corrected chi connectivity index (χ4v) is 7.09. The van der Waals surface area contributed by atoms with Crippen LogP contribution in [-0.2, 0) is 16.4 Å². The zero-order chi connectivity index (χ0) is 22.3. The highest BCUT2D eigenvalue weighted by Crippen LogP contribution is 2.31. The van der Waals surface area contributed by atoms with Crippen molar-refractivity contribution in [3.63, 3.8) is 0 Å². The summed E-state index contributed by atoms with van der Waals surface area (Å²) in [6, 6.07) is 11.4. The lowest BCUT2D eigenvalue weighted by molar-refractivity contribution is 0.326. The van der Waals surface area contributed by atoms with Crippen molar-refractivity contribution in [2.75, 3.05) is 19.6 Å². The lowest BCUT2D eigenvalue weighted by atomic mass is 10.1. The van der Waals surface area contributed by atoms with Crippen LogP contribution in [0.1, 0.15) is 18.5 Å². The predicted molar refractivity (Wildman–Crippen MR) is 124 cm³/mol. The molecule has 10 heteroatoms. The summed E-state index contributed by atoms with van der Waals surface area (Å²) in [4.78, 5) is 2.25. The van der Waals surface area contributed by atoms with Crippen LogP contribution in [0.5, 0.6) is 0 Å². The Bertz CT molecular complexity index is 1390. The van der Waals surface area contributed by atoms with Gasteiger partial charge >= 0.3 is 0 Å². The zero-order valence-electron chi connectivity index (χ0n) is 17.1.